The summed E-state index contributed by atoms with van der Waals surface area (Å²) < 4.78 is 14.4. The number of fused-ring (bicyclic) bond motifs is 1. The molecule has 0 saturated carbocycles. The third-order valence-corrected chi connectivity index (χ3v) is 6.50. The Bertz CT molecular complexity index is 1210. The molecule has 0 bridgehead atoms. The van der Waals surface area contributed by atoms with Crippen LogP contribution in [0, 0.1) is 0 Å². The first kappa shape index (κ1) is 21.0. The van der Waals surface area contributed by atoms with E-state index in [0.29, 0.717) is 33.9 Å². The quantitative estimate of drug-likeness (QED) is 0.608. The molecular formula is C23H18ClN3O3S. The van der Waals surface area contributed by atoms with Gasteiger partial charge in [-0.3, -0.25) is 18.9 Å². The number of hydrogen-bond acceptors (Lipinski definition) is 4. The summed E-state index contributed by atoms with van der Waals surface area (Å²) in [7, 11) is -0.00719. The van der Waals surface area contributed by atoms with Gasteiger partial charge in [0.05, 0.1) is 5.69 Å². The van der Waals surface area contributed by atoms with E-state index in [-0.39, 0.29) is 16.6 Å². The summed E-state index contributed by atoms with van der Waals surface area (Å²) in [6.07, 6.45) is 4.90. The Morgan fingerprint density at radius 3 is 2.55 bits per heavy atom. The molecule has 4 rings (SSSR count). The minimum Gasteiger partial charge on any atom is -0.348 e. The first-order chi connectivity index (χ1) is 14.9. The number of carbonyl (C=O) groups is 2. The van der Waals surface area contributed by atoms with Gasteiger partial charge in [-0.05, 0) is 59.7 Å². The molecule has 0 spiro atoms. The zero-order chi connectivity index (χ0) is 22.0. The SMILES string of the molecule is CN1c2ccc(C(=O)NCc3ccncc3)cc2C(=O)/C(=C/c2ccc(Cl)cc2)S1=O. The Balaban J connectivity index is 1.62. The Kier molecular flexibility index (Phi) is 5.97. The average molecular weight is 452 g/mol. The van der Waals surface area contributed by atoms with Crippen molar-refractivity contribution in [3.8, 4) is 0 Å². The van der Waals surface area contributed by atoms with Crippen molar-refractivity contribution in [2.45, 2.75) is 6.54 Å². The largest absolute Gasteiger partial charge is 0.348 e. The number of nitrogens with one attached hydrogen (secondary N) is 1. The number of Topliss-reactive ketones (excluding diaryl/α,β-unsaturated/α-hetero) is 1. The number of halogens is 1. The van der Waals surface area contributed by atoms with Crippen molar-refractivity contribution >= 4 is 46.0 Å². The van der Waals surface area contributed by atoms with Crippen molar-refractivity contribution in [1.29, 1.82) is 0 Å². The summed E-state index contributed by atoms with van der Waals surface area (Å²) >= 11 is 5.92. The highest BCUT2D eigenvalue weighted by Gasteiger charge is 2.32. The minimum atomic E-state index is -1.66. The fraction of sp³-hybridized carbons (Fsp3) is 0.0870. The summed E-state index contributed by atoms with van der Waals surface area (Å²) in [6.45, 7) is 0.345. The highest BCUT2D eigenvalue weighted by Crippen LogP contribution is 2.33. The van der Waals surface area contributed by atoms with Gasteiger partial charge in [0, 0.05) is 42.1 Å². The molecule has 3 aromatic rings. The fourth-order valence-electron chi connectivity index (χ4n) is 3.19. The zero-order valence-electron chi connectivity index (χ0n) is 16.5. The van der Waals surface area contributed by atoms with Gasteiger partial charge < -0.3 is 5.32 Å². The number of amides is 1. The maximum absolute atomic E-state index is 13.1. The molecule has 0 fully saturated rings. The first-order valence-electron chi connectivity index (χ1n) is 9.43. The summed E-state index contributed by atoms with van der Waals surface area (Å²) in [5, 5.41) is 3.41. The zero-order valence-corrected chi connectivity index (χ0v) is 18.1. The van der Waals surface area contributed by atoms with E-state index in [2.05, 4.69) is 10.3 Å². The van der Waals surface area contributed by atoms with Gasteiger partial charge in [0.25, 0.3) is 5.91 Å². The van der Waals surface area contributed by atoms with Crippen molar-refractivity contribution < 1.29 is 13.8 Å². The number of rotatable bonds is 4. The van der Waals surface area contributed by atoms with Crippen molar-refractivity contribution in [2.24, 2.45) is 0 Å². The van der Waals surface area contributed by atoms with Crippen LogP contribution in [-0.2, 0) is 17.5 Å². The van der Waals surface area contributed by atoms with Gasteiger partial charge >= 0.3 is 0 Å². The van der Waals surface area contributed by atoms with E-state index >= 15 is 0 Å². The van der Waals surface area contributed by atoms with E-state index in [9.17, 15) is 13.8 Å². The number of nitrogens with zero attached hydrogens (tertiary/aromatic N) is 2. The molecule has 156 valence electrons. The van der Waals surface area contributed by atoms with Crippen LogP contribution in [0.3, 0.4) is 0 Å². The maximum Gasteiger partial charge on any atom is 0.251 e. The lowest BCUT2D eigenvalue weighted by atomic mass is 10.0. The maximum atomic E-state index is 13.1. The predicted octanol–water partition coefficient (Wildman–Crippen LogP) is 4.00. The number of anilines is 1. The van der Waals surface area contributed by atoms with E-state index in [0.717, 1.165) is 5.56 Å². The van der Waals surface area contributed by atoms with E-state index in [4.69, 9.17) is 11.6 Å². The van der Waals surface area contributed by atoms with Gasteiger partial charge in [-0.15, -0.1) is 0 Å². The van der Waals surface area contributed by atoms with E-state index in [1.807, 2.05) is 12.1 Å². The molecule has 1 aromatic heterocycles. The van der Waals surface area contributed by atoms with Crippen molar-refractivity contribution in [3.63, 3.8) is 0 Å². The average Bonchev–Trinajstić information content (AvgIpc) is 2.80. The number of aromatic nitrogens is 1. The predicted molar refractivity (Wildman–Crippen MR) is 122 cm³/mol. The monoisotopic (exact) mass is 451 g/mol. The summed E-state index contributed by atoms with van der Waals surface area (Å²) in [5.74, 6) is -0.671. The van der Waals surface area contributed by atoms with Crippen LogP contribution in [-0.4, -0.2) is 27.9 Å². The molecule has 1 amide bonds. The van der Waals surface area contributed by atoms with Crippen LogP contribution in [0.4, 0.5) is 5.69 Å². The van der Waals surface area contributed by atoms with Gasteiger partial charge in [0.1, 0.15) is 4.91 Å². The topological polar surface area (TPSA) is 79.4 Å². The lowest BCUT2D eigenvalue weighted by molar-refractivity contribution is 0.0951. The highest BCUT2D eigenvalue weighted by atomic mass is 35.5. The molecule has 31 heavy (non-hydrogen) atoms. The molecule has 0 aliphatic carbocycles. The Hall–Kier alpha value is -3.29. The molecule has 2 heterocycles. The van der Waals surface area contributed by atoms with Crippen LogP contribution in [0.1, 0.15) is 31.8 Å². The smallest absolute Gasteiger partial charge is 0.251 e. The molecule has 8 heteroatoms. The van der Waals surface area contributed by atoms with E-state index in [1.54, 1.807) is 68.0 Å². The van der Waals surface area contributed by atoms with Gasteiger partial charge in [0.15, 0.2) is 11.0 Å². The number of allylic oxidation sites excluding steroid dienone is 1. The summed E-state index contributed by atoms with van der Waals surface area (Å²) in [6, 6.07) is 15.3. The summed E-state index contributed by atoms with van der Waals surface area (Å²) in [4.78, 5) is 29.9. The number of hydrogen-bond donors (Lipinski definition) is 1. The van der Waals surface area contributed by atoms with Crippen LogP contribution >= 0.6 is 11.6 Å². The standard InChI is InChI=1S/C23H18ClN3O3S/c1-27-20-7-4-17(23(29)26-14-16-8-10-25-11-9-16)13-19(20)22(28)21(31(27)30)12-15-2-5-18(24)6-3-15/h2-13H,14H2,1H3,(H,26,29)/b21-12-. The Morgan fingerprint density at radius 2 is 1.84 bits per heavy atom. The first-order valence-corrected chi connectivity index (χ1v) is 10.9. The molecule has 2 aromatic carbocycles. The van der Waals surface area contributed by atoms with Crippen LogP contribution in [0.2, 0.25) is 5.02 Å². The second kappa shape index (κ2) is 8.83. The van der Waals surface area contributed by atoms with Crippen molar-refractivity contribution in [3.05, 3.63) is 99.2 Å². The highest BCUT2D eigenvalue weighted by molar-refractivity contribution is 7.91. The molecule has 6 nitrogen and oxygen atoms in total. The number of carbonyl (C=O) groups excluding carboxylic acids is 2. The molecule has 0 radical (unpaired) electrons. The van der Waals surface area contributed by atoms with Crippen LogP contribution < -0.4 is 9.62 Å². The Morgan fingerprint density at radius 1 is 1.13 bits per heavy atom. The summed E-state index contributed by atoms with van der Waals surface area (Å²) in [5.41, 5.74) is 2.83. The van der Waals surface area contributed by atoms with Gasteiger partial charge in [-0.25, -0.2) is 4.21 Å². The molecular weight excluding hydrogens is 434 g/mol. The van der Waals surface area contributed by atoms with Crippen molar-refractivity contribution in [1.82, 2.24) is 10.3 Å². The normalized spacial score (nSPS) is 16.8. The molecule has 1 N–H and O–H groups in total. The van der Waals surface area contributed by atoms with Crippen molar-refractivity contribution in [2.75, 3.05) is 11.4 Å². The molecule has 1 aliphatic heterocycles. The third-order valence-electron chi connectivity index (χ3n) is 4.87. The fourth-order valence-corrected chi connectivity index (χ4v) is 4.46. The lowest BCUT2D eigenvalue weighted by Gasteiger charge is -2.27. The van der Waals surface area contributed by atoms with Crippen LogP contribution in [0.25, 0.3) is 6.08 Å². The number of benzene rings is 2. The number of ketones is 1. The Labute approximate surface area is 187 Å². The van der Waals surface area contributed by atoms with Gasteiger partial charge in [0.2, 0.25) is 5.78 Å². The second-order valence-electron chi connectivity index (χ2n) is 6.91. The molecule has 1 unspecified atom stereocenters. The second-order valence-corrected chi connectivity index (χ2v) is 8.83. The minimum absolute atomic E-state index is 0.145. The molecule has 1 aliphatic rings. The van der Waals surface area contributed by atoms with Crippen LogP contribution in [0.15, 0.2) is 71.9 Å². The van der Waals surface area contributed by atoms with Gasteiger partial charge in [-0.2, -0.15) is 0 Å². The lowest BCUT2D eigenvalue weighted by Crippen LogP contribution is -2.32. The van der Waals surface area contributed by atoms with E-state index < -0.39 is 11.0 Å². The molecule has 1 atom stereocenters. The number of pyridine rings is 1. The van der Waals surface area contributed by atoms with E-state index in [1.165, 1.54) is 4.31 Å². The van der Waals surface area contributed by atoms with Gasteiger partial charge in [-0.1, -0.05) is 23.7 Å². The van der Waals surface area contributed by atoms with Crippen LogP contribution in [0.5, 0.6) is 0 Å². The molecule has 0 saturated heterocycles. The third kappa shape index (κ3) is 4.42.